The topological polar surface area (TPSA) is 37.3 Å². The molecule has 2 nitrogen and oxygen atoms in total. The lowest BCUT2D eigenvalue weighted by Gasteiger charge is -2.39. The molecular weight excluding hydrogens is 515 g/mol. The van der Waals surface area contributed by atoms with Crippen LogP contribution in [0.15, 0.2) is 66.7 Å². The molecule has 1 aliphatic rings. The van der Waals surface area contributed by atoms with Crippen LogP contribution in [0.5, 0.6) is 0 Å². The highest BCUT2D eigenvalue weighted by Gasteiger charge is 2.44. The number of rotatable bonds is 4. The molecule has 0 spiro atoms. The zero-order chi connectivity index (χ0) is 19.0. The van der Waals surface area contributed by atoms with E-state index in [9.17, 15) is 9.90 Å². The first-order valence-electron chi connectivity index (χ1n) is 8.78. The monoisotopic (exact) mass is 532 g/mol. The fraction of sp³-hybridized carbons (Fsp3) is 0.174. The molecule has 136 valence electrons. The van der Waals surface area contributed by atoms with Gasteiger partial charge in [0.05, 0.1) is 6.42 Å². The number of carboxylic acids is 1. The number of benzene rings is 3. The fourth-order valence-electron chi connectivity index (χ4n) is 4.09. The minimum Gasteiger partial charge on any atom is -0.481 e. The van der Waals surface area contributed by atoms with Crippen LogP contribution in [-0.4, -0.2) is 20.3 Å². The molecule has 0 bridgehead atoms. The maximum atomic E-state index is 11.9. The predicted molar refractivity (Wildman–Crippen MR) is 123 cm³/mol. The first-order valence-corrected chi connectivity index (χ1v) is 11.2. The van der Waals surface area contributed by atoms with Crippen molar-refractivity contribution in [3.05, 3.63) is 82.7 Å². The molecule has 2 atom stereocenters. The van der Waals surface area contributed by atoms with E-state index in [2.05, 4.69) is 87.1 Å². The molecule has 3 aromatic rings. The molecule has 3 aromatic carbocycles. The zero-order valence-corrected chi connectivity index (χ0v) is 18.3. The smallest absolute Gasteiger partial charge is 0.304 e. The molecule has 0 saturated heterocycles. The van der Waals surface area contributed by atoms with Crippen LogP contribution in [-0.2, 0) is 4.79 Å². The van der Waals surface area contributed by atoms with E-state index in [1.165, 1.54) is 10.6 Å². The number of carbonyl (C=O) groups is 1. The molecule has 0 fully saturated rings. The molecule has 0 radical (unpaired) electrons. The second-order valence-corrected chi connectivity index (χ2v) is 8.82. The highest BCUT2D eigenvalue weighted by molar-refractivity contribution is 14.1. The predicted octanol–water partition coefficient (Wildman–Crippen LogP) is 4.49. The average Bonchev–Trinajstić information content (AvgIpc) is 2.68. The maximum Gasteiger partial charge on any atom is 0.304 e. The summed E-state index contributed by atoms with van der Waals surface area (Å²) in [6.07, 6.45) is 2.28. The number of hydrogen-bond donors (Lipinski definition) is 1. The molecule has 0 aliphatic heterocycles. The highest BCUT2D eigenvalue weighted by atomic mass is 127. The average molecular weight is 533 g/mol. The molecule has 0 aromatic heterocycles. The van der Waals surface area contributed by atoms with Gasteiger partial charge in [-0.1, -0.05) is 111 Å². The summed E-state index contributed by atoms with van der Waals surface area (Å²) >= 11 is 6.08. The molecule has 4 rings (SSSR count). The SMILES string of the molecule is O=C(O)CC1(CBr)C(c2cccc3ccccc23)=c2ccccc2=CC1I. The summed E-state index contributed by atoms with van der Waals surface area (Å²) in [5, 5.41) is 15.0. The van der Waals surface area contributed by atoms with E-state index in [1.807, 2.05) is 24.3 Å². The van der Waals surface area contributed by atoms with Gasteiger partial charge in [0.25, 0.3) is 0 Å². The first kappa shape index (κ1) is 18.7. The Balaban J connectivity index is 2.18. The van der Waals surface area contributed by atoms with Gasteiger partial charge >= 0.3 is 5.97 Å². The van der Waals surface area contributed by atoms with Gasteiger partial charge in [-0.05, 0) is 32.3 Å². The van der Waals surface area contributed by atoms with E-state index in [0.29, 0.717) is 5.33 Å². The van der Waals surface area contributed by atoms with Crippen molar-refractivity contribution in [2.24, 2.45) is 5.41 Å². The quantitative estimate of drug-likeness (QED) is 0.397. The van der Waals surface area contributed by atoms with Crippen molar-refractivity contribution in [3.63, 3.8) is 0 Å². The van der Waals surface area contributed by atoms with E-state index >= 15 is 0 Å². The van der Waals surface area contributed by atoms with Gasteiger partial charge in [0, 0.05) is 14.7 Å². The molecule has 4 heteroatoms. The third kappa shape index (κ3) is 3.13. The standard InChI is InChI=1S/C23H18BrIO2/c24-14-23(13-21(26)27)20(25)12-16-7-2-4-10-18(16)22(23)19-11-5-8-15-6-1-3-9-17(15)19/h1-12,20H,13-14H2,(H,26,27). The van der Waals surface area contributed by atoms with E-state index < -0.39 is 11.4 Å². The summed E-state index contributed by atoms with van der Waals surface area (Å²) < 4.78 is 0.0643. The van der Waals surface area contributed by atoms with Gasteiger partial charge in [-0.25, -0.2) is 0 Å². The van der Waals surface area contributed by atoms with Crippen molar-refractivity contribution >= 4 is 66.9 Å². The van der Waals surface area contributed by atoms with Gasteiger partial charge in [0.1, 0.15) is 0 Å². The summed E-state index contributed by atoms with van der Waals surface area (Å²) in [5.74, 6) is -0.776. The molecular formula is C23H18BrIO2. The Morgan fingerprint density at radius 1 is 1.04 bits per heavy atom. The van der Waals surface area contributed by atoms with Crippen LogP contribution in [0.1, 0.15) is 12.0 Å². The van der Waals surface area contributed by atoms with Gasteiger partial charge in [0.2, 0.25) is 0 Å². The molecule has 0 amide bonds. The summed E-state index contributed by atoms with van der Waals surface area (Å²) in [6.45, 7) is 0. The van der Waals surface area contributed by atoms with E-state index in [0.717, 1.165) is 21.7 Å². The van der Waals surface area contributed by atoms with Crippen LogP contribution in [0.2, 0.25) is 0 Å². The summed E-state index contributed by atoms with van der Waals surface area (Å²) in [7, 11) is 0. The highest BCUT2D eigenvalue weighted by Crippen LogP contribution is 2.47. The van der Waals surface area contributed by atoms with Crippen LogP contribution >= 0.6 is 38.5 Å². The summed E-state index contributed by atoms with van der Waals surface area (Å²) in [5.41, 5.74) is 1.72. The van der Waals surface area contributed by atoms with Crippen molar-refractivity contribution in [2.75, 3.05) is 5.33 Å². The largest absolute Gasteiger partial charge is 0.481 e. The second-order valence-electron chi connectivity index (χ2n) is 6.92. The van der Waals surface area contributed by atoms with Gasteiger partial charge in [-0.2, -0.15) is 0 Å². The van der Waals surface area contributed by atoms with E-state index in [1.54, 1.807) is 0 Å². The lowest BCUT2D eigenvalue weighted by molar-refractivity contribution is -0.138. The Morgan fingerprint density at radius 2 is 1.74 bits per heavy atom. The Kier molecular flexibility index (Phi) is 5.12. The van der Waals surface area contributed by atoms with Crippen molar-refractivity contribution in [3.8, 4) is 0 Å². The maximum absolute atomic E-state index is 11.9. The molecule has 27 heavy (non-hydrogen) atoms. The molecule has 2 unspecified atom stereocenters. The minimum atomic E-state index is -0.776. The number of alkyl halides is 2. The number of hydrogen-bond acceptors (Lipinski definition) is 1. The van der Waals surface area contributed by atoms with Crippen LogP contribution in [0, 0.1) is 5.41 Å². The van der Waals surface area contributed by atoms with E-state index in [4.69, 9.17) is 0 Å². The normalized spacial score (nSPS) is 21.6. The van der Waals surface area contributed by atoms with Crippen LogP contribution in [0.4, 0.5) is 0 Å². The third-order valence-electron chi connectivity index (χ3n) is 5.35. The zero-order valence-electron chi connectivity index (χ0n) is 14.5. The minimum absolute atomic E-state index is 0.0643. The number of fused-ring (bicyclic) bond motifs is 2. The number of carboxylic acid groups (broad SMARTS) is 1. The van der Waals surface area contributed by atoms with Crippen LogP contribution in [0.3, 0.4) is 0 Å². The molecule has 1 aliphatic carbocycles. The summed E-state index contributed by atoms with van der Waals surface area (Å²) in [6, 6.07) is 22.9. The second kappa shape index (κ2) is 7.40. The molecule has 1 N–H and O–H groups in total. The molecule has 0 heterocycles. The van der Waals surface area contributed by atoms with Crippen molar-refractivity contribution < 1.29 is 9.90 Å². The Labute approximate surface area is 179 Å². The van der Waals surface area contributed by atoms with Crippen molar-refractivity contribution in [1.82, 2.24) is 0 Å². The lowest BCUT2D eigenvalue weighted by atomic mass is 9.69. The van der Waals surface area contributed by atoms with Gasteiger partial charge in [-0.3, -0.25) is 4.79 Å². The number of aliphatic carboxylic acids is 1. The first-order chi connectivity index (χ1) is 13.1. The van der Waals surface area contributed by atoms with Gasteiger partial charge in [-0.15, -0.1) is 0 Å². The van der Waals surface area contributed by atoms with Gasteiger partial charge in [0.15, 0.2) is 0 Å². The van der Waals surface area contributed by atoms with E-state index in [-0.39, 0.29) is 10.3 Å². The third-order valence-corrected chi connectivity index (χ3v) is 7.90. The Morgan fingerprint density at radius 3 is 2.52 bits per heavy atom. The fourth-order valence-corrected chi connectivity index (χ4v) is 6.67. The van der Waals surface area contributed by atoms with Crippen molar-refractivity contribution in [2.45, 2.75) is 10.3 Å². The van der Waals surface area contributed by atoms with Gasteiger partial charge < -0.3 is 5.11 Å². The summed E-state index contributed by atoms with van der Waals surface area (Å²) in [4.78, 5) is 11.9. The number of halogens is 2. The van der Waals surface area contributed by atoms with Crippen molar-refractivity contribution in [1.29, 1.82) is 0 Å². The Bertz CT molecular complexity index is 1150. The van der Waals surface area contributed by atoms with Crippen LogP contribution in [0.25, 0.3) is 22.4 Å². The molecule has 0 saturated carbocycles. The van der Waals surface area contributed by atoms with Crippen LogP contribution < -0.4 is 10.4 Å². The Hall–Kier alpha value is -1.66. The lowest BCUT2D eigenvalue weighted by Crippen LogP contribution is -2.47.